The van der Waals surface area contributed by atoms with E-state index in [1.165, 1.54) is 44.2 Å². The first-order valence-electron chi connectivity index (χ1n) is 7.33. The van der Waals surface area contributed by atoms with Gasteiger partial charge in [-0.25, -0.2) is 0 Å². The largest absolute Gasteiger partial charge is 0.271 e. The molecule has 0 aromatic carbocycles. The molecule has 1 aromatic heterocycles. The molecule has 102 valence electrons. The van der Waals surface area contributed by atoms with E-state index in [9.17, 15) is 0 Å². The van der Waals surface area contributed by atoms with Gasteiger partial charge in [-0.3, -0.25) is 16.0 Å². The maximum absolute atomic E-state index is 5.61. The molecule has 1 atom stereocenters. The molecule has 1 heterocycles. The van der Waals surface area contributed by atoms with E-state index in [2.05, 4.69) is 29.3 Å². The minimum Gasteiger partial charge on any atom is -0.271 e. The monoisotopic (exact) mass is 250 g/mol. The molecule has 0 bridgehead atoms. The van der Waals surface area contributed by atoms with E-state index in [0.717, 1.165) is 12.8 Å². The second-order valence-corrected chi connectivity index (χ2v) is 5.44. The lowest BCUT2D eigenvalue weighted by Gasteiger charge is -2.14. The highest BCUT2D eigenvalue weighted by Gasteiger charge is 2.18. The van der Waals surface area contributed by atoms with Crippen molar-refractivity contribution in [3.8, 4) is 0 Å². The van der Waals surface area contributed by atoms with E-state index in [0.29, 0.717) is 12.1 Å². The number of hydrogen-bond donors (Lipinski definition) is 2. The number of nitrogens with zero attached hydrogens (tertiary/aromatic N) is 2. The second-order valence-electron chi connectivity index (χ2n) is 5.44. The van der Waals surface area contributed by atoms with Gasteiger partial charge in [0.25, 0.3) is 0 Å². The topological polar surface area (TPSA) is 55.9 Å². The predicted molar refractivity (Wildman–Crippen MR) is 74.1 cm³/mol. The normalized spacial score (nSPS) is 18.3. The zero-order chi connectivity index (χ0) is 12.8. The summed E-state index contributed by atoms with van der Waals surface area (Å²) in [6.07, 6.45) is 11.9. The zero-order valence-electron chi connectivity index (χ0n) is 11.4. The average molecular weight is 250 g/mol. The van der Waals surface area contributed by atoms with Gasteiger partial charge in [0, 0.05) is 18.7 Å². The molecular formula is C14H26N4. The number of nitrogens with one attached hydrogen (secondary N) is 1. The van der Waals surface area contributed by atoms with Gasteiger partial charge in [-0.1, -0.05) is 32.6 Å². The molecule has 2 rings (SSSR count). The van der Waals surface area contributed by atoms with E-state index in [4.69, 9.17) is 10.9 Å². The van der Waals surface area contributed by atoms with Crippen LogP contribution in [-0.2, 0) is 6.42 Å². The number of nitrogens with two attached hydrogens (primary N) is 1. The molecule has 1 aliphatic rings. The van der Waals surface area contributed by atoms with E-state index in [1.807, 2.05) is 0 Å². The number of aromatic nitrogens is 2. The van der Waals surface area contributed by atoms with E-state index in [-0.39, 0.29) is 0 Å². The number of hydrogen-bond acceptors (Lipinski definition) is 3. The van der Waals surface area contributed by atoms with Gasteiger partial charge < -0.3 is 0 Å². The van der Waals surface area contributed by atoms with Crippen LogP contribution in [-0.4, -0.2) is 15.8 Å². The van der Waals surface area contributed by atoms with Gasteiger partial charge in [0.05, 0.1) is 11.7 Å². The number of hydrazine groups is 1. The Kier molecular flexibility index (Phi) is 5.20. The van der Waals surface area contributed by atoms with Crippen molar-refractivity contribution >= 4 is 0 Å². The van der Waals surface area contributed by atoms with Crippen LogP contribution >= 0.6 is 0 Å². The highest BCUT2D eigenvalue weighted by atomic mass is 15.3. The quantitative estimate of drug-likeness (QED) is 0.577. The van der Waals surface area contributed by atoms with Crippen LogP contribution in [0.25, 0.3) is 0 Å². The third-order valence-corrected chi connectivity index (χ3v) is 3.96. The Labute approximate surface area is 110 Å². The lowest BCUT2D eigenvalue weighted by molar-refractivity contribution is 0.444. The summed E-state index contributed by atoms with van der Waals surface area (Å²) in [5.41, 5.74) is 4.08. The van der Waals surface area contributed by atoms with Crippen LogP contribution < -0.4 is 11.3 Å². The van der Waals surface area contributed by atoms with Crippen molar-refractivity contribution in [1.82, 2.24) is 15.2 Å². The molecule has 0 aliphatic heterocycles. The maximum Gasteiger partial charge on any atom is 0.0640 e. The Balaban J connectivity index is 1.88. The van der Waals surface area contributed by atoms with Gasteiger partial charge in [0.15, 0.2) is 0 Å². The van der Waals surface area contributed by atoms with Crippen LogP contribution in [0.3, 0.4) is 0 Å². The summed E-state index contributed by atoms with van der Waals surface area (Å²) >= 11 is 0. The third kappa shape index (κ3) is 3.56. The van der Waals surface area contributed by atoms with Crippen molar-refractivity contribution in [3.63, 3.8) is 0 Å². The van der Waals surface area contributed by atoms with Crippen molar-refractivity contribution in [1.29, 1.82) is 0 Å². The van der Waals surface area contributed by atoms with Crippen molar-refractivity contribution in [2.24, 2.45) is 5.84 Å². The summed E-state index contributed by atoms with van der Waals surface area (Å²) in [5.74, 6) is 5.61. The summed E-state index contributed by atoms with van der Waals surface area (Å²) in [6.45, 7) is 2.21. The van der Waals surface area contributed by atoms with Crippen molar-refractivity contribution < 1.29 is 0 Å². The van der Waals surface area contributed by atoms with Crippen molar-refractivity contribution in [2.45, 2.75) is 70.4 Å². The van der Waals surface area contributed by atoms with Gasteiger partial charge in [0.2, 0.25) is 0 Å². The molecule has 0 radical (unpaired) electrons. The zero-order valence-corrected chi connectivity index (χ0v) is 11.4. The Bertz CT molecular complexity index is 341. The second kappa shape index (κ2) is 6.90. The molecule has 1 aromatic rings. The molecule has 4 heteroatoms. The number of rotatable bonds is 7. The molecule has 1 saturated carbocycles. The van der Waals surface area contributed by atoms with Crippen molar-refractivity contribution in [2.75, 3.05) is 0 Å². The van der Waals surface area contributed by atoms with E-state index < -0.39 is 0 Å². The van der Waals surface area contributed by atoms with Crippen LogP contribution in [0.2, 0.25) is 0 Å². The van der Waals surface area contributed by atoms with Gasteiger partial charge in [0.1, 0.15) is 0 Å². The Morgan fingerprint density at radius 2 is 2.28 bits per heavy atom. The van der Waals surface area contributed by atoms with Crippen molar-refractivity contribution in [3.05, 3.63) is 18.0 Å². The third-order valence-electron chi connectivity index (χ3n) is 3.96. The van der Waals surface area contributed by atoms with Crippen LogP contribution in [0.1, 0.15) is 63.6 Å². The summed E-state index contributed by atoms with van der Waals surface area (Å²) in [5, 5.41) is 4.71. The highest BCUT2D eigenvalue weighted by molar-refractivity contribution is 5.02. The van der Waals surface area contributed by atoms with Crippen LogP contribution in [0.5, 0.6) is 0 Å². The predicted octanol–water partition coefficient (Wildman–Crippen LogP) is 2.56. The van der Waals surface area contributed by atoms with Gasteiger partial charge >= 0.3 is 0 Å². The smallest absolute Gasteiger partial charge is 0.0640 e. The minimum absolute atomic E-state index is 0.358. The highest BCUT2D eigenvalue weighted by Crippen LogP contribution is 2.28. The molecule has 0 saturated heterocycles. The molecule has 1 aliphatic carbocycles. The van der Waals surface area contributed by atoms with Gasteiger partial charge in [-0.2, -0.15) is 5.10 Å². The minimum atomic E-state index is 0.358. The van der Waals surface area contributed by atoms with Gasteiger partial charge in [-0.15, -0.1) is 0 Å². The molecular weight excluding hydrogens is 224 g/mol. The number of unbranched alkanes of at least 4 members (excludes halogenated alkanes) is 1. The fourth-order valence-corrected chi connectivity index (χ4v) is 2.81. The Morgan fingerprint density at radius 3 is 2.94 bits per heavy atom. The summed E-state index contributed by atoms with van der Waals surface area (Å²) < 4.78 is 2.16. The molecule has 1 fully saturated rings. The lowest BCUT2D eigenvalue weighted by Crippen LogP contribution is -2.36. The first-order chi connectivity index (χ1) is 8.83. The summed E-state index contributed by atoms with van der Waals surface area (Å²) in [6, 6.07) is 3.14. The summed E-state index contributed by atoms with van der Waals surface area (Å²) in [7, 11) is 0. The fourth-order valence-electron chi connectivity index (χ4n) is 2.81. The molecule has 0 amide bonds. The molecule has 1 unspecified atom stereocenters. The molecule has 18 heavy (non-hydrogen) atoms. The Hall–Kier alpha value is -0.870. The SMILES string of the molecule is CCCCC(Cc1ccn(C2CCCC2)n1)NN. The first kappa shape index (κ1) is 13.6. The average Bonchev–Trinajstić information content (AvgIpc) is 3.04. The van der Waals surface area contributed by atoms with E-state index in [1.54, 1.807) is 0 Å². The van der Waals surface area contributed by atoms with E-state index >= 15 is 0 Å². The lowest BCUT2D eigenvalue weighted by atomic mass is 10.1. The van der Waals surface area contributed by atoms with Gasteiger partial charge in [-0.05, 0) is 25.3 Å². The van der Waals surface area contributed by atoms with Crippen LogP contribution in [0.15, 0.2) is 12.3 Å². The fraction of sp³-hybridized carbons (Fsp3) is 0.786. The van der Waals surface area contributed by atoms with Crippen LogP contribution in [0.4, 0.5) is 0 Å². The summed E-state index contributed by atoms with van der Waals surface area (Å²) in [4.78, 5) is 0. The standard InChI is InChI=1S/C14H26N4/c1-2-3-6-12(16-15)11-13-9-10-18(17-13)14-7-4-5-8-14/h9-10,12,14,16H,2-8,11,15H2,1H3. The first-order valence-corrected chi connectivity index (χ1v) is 7.33. The maximum atomic E-state index is 5.61. The molecule has 3 N–H and O–H groups in total. The van der Waals surface area contributed by atoms with Crippen LogP contribution in [0, 0.1) is 0 Å². The molecule has 4 nitrogen and oxygen atoms in total. The Morgan fingerprint density at radius 1 is 1.50 bits per heavy atom. The molecule has 0 spiro atoms.